The topological polar surface area (TPSA) is 58.2 Å². The highest BCUT2D eigenvalue weighted by Gasteiger charge is 2.15. The summed E-state index contributed by atoms with van der Waals surface area (Å²) in [6.45, 7) is 0. The first kappa shape index (κ1) is 14.7. The minimum atomic E-state index is -0.725. The van der Waals surface area contributed by atoms with Crippen LogP contribution < -0.4 is 10.6 Å². The average molecular weight is 398 g/mol. The number of anilines is 2. The smallest absolute Gasteiger partial charge is 0.314 e. The Morgan fingerprint density at radius 1 is 0.850 bits per heavy atom. The predicted molar refractivity (Wildman–Crippen MR) is 85.5 cm³/mol. The highest BCUT2D eigenvalue weighted by molar-refractivity contribution is 9.10. The van der Waals surface area contributed by atoms with Gasteiger partial charge in [-0.3, -0.25) is 9.59 Å². The molecule has 0 aliphatic rings. The summed E-state index contributed by atoms with van der Waals surface area (Å²) in [5.41, 5.74) is 1.09. The molecule has 0 heterocycles. The van der Waals surface area contributed by atoms with Crippen LogP contribution in [0, 0.1) is 0 Å². The Labute approximate surface area is 132 Å². The standard InChI is InChI=1S/C14H10Br2N2O2/c15-9-4-3-5-10(8-9)17-13(19)14(20)18-12-7-2-1-6-11(12)16/h1-8H,(H,17,19)(H,18,20). The molecule has 2 aromatic carbocycles. The van der Waals surface area contributed by atoms with E-state index in [1.165, 1.54) is 0 Å². The van der Waals surface area contributed by atoms with Gasteiger partial charge in [0.1, 0.15) is 0 Å². The van der Waals surface area contributed by atoms with E-state index in [-0.39, 0.29) is 0 Å². The molecule has 0 aliphatic heterocycles. The molecule has 0 unspecified atom stereocenters. The molecule has 0 spiro atoms. The quantitative estimate of drug-likeness (QED) is 0.757. The van der Waals surface area contributed by atoms with E-state index in [1.54, 1.807) is 36.4 Å². The first-order chi connectivity index (χ1) is 9.56. The third kappa shape index (κ3) is 3.91. The molecule has 0 bridgehead atoms. The Morgan fingerprint density at radius 2 is 1.55 bits per heavy atom. The lowest BCUT2D eigenvalue weighted by Gasteiger charge is -2.08. The van der Waals surface area contributed by atoms with E-state index in [0.717, 1.165) is 4.47 Å². The second-order valence-corrected chi connectivity index (χ2v) is 5.67. The molecule has 102 valence electrons. The van der Waals surface area contributed by atoms with E-state index in [2.05, 4.69) is 42.5 Å². The molecule has 0 fully saturated rings. The van der Waals surface area contributed by atoms with Gasteiger partial charge in [0.05, 0.1) is 5.69 Å². The van der Waals surface area contributed by atoms with Gasteiger partial charge in [0, 0.05) is 14.6 Å². The van der Waals surface area contributed by atoms with Gasteiger partial charge in [-0.2, -0.15) is 0 Å². The zero-order valence-electron chi connectivity index (χ0n) is 10.2. The summed E-state index contributed by atoms with van der Waals surface area (Å²) < 4.78 is 1.53. The van der Waals surface area contributed by atoms with Gasteiger partial charge in [-0.1, -0.05) is 34.1 Å². The molecule has 0 aliphatic carbocycles. The molecule has 0 saturated carbocycles. The Morgan fingerprint density at radius 3 is 2.25 bits per heavy atom. The number of carbonyl (C=O) groups excluding carboxylic acids is 2. The molecule has 2 amide bonds. The van der Waals surface area contributed by atoms with E-state index >= 15 is 0 Å². The summed E-state index contributed by atoms with van der Waals surface area (Å²) in [6, 6.07) is 14.1. The van der Waals surface area contributed by atoms with Crippen LogP contribution in [0.25, 0.3) is 0 Å². The van der Waals surface area contributed by atoms with Crippen LogP contribution in [0.3, 0.4) is 0 Å². The van der Waals surface area contributed by atoms with Crippen LogP contribution in [0.2, 0.25) is 0 Å². The number of para-hydroxylation sites is 1. The maximum Gasteiger partial charge on any atom is 0.314 e. The Bertz CT molecular complexity index is 659. The number of hydrogen-bond acceptors (Lipinski definition) is 2. The number of carbonyl (C=O) groups is 2. The van der Waals surface area contributed by atoms with Crippen LogP contribution in [0.1, 0.15) is 0 Å². The van der Waals surface area contributed by atoms with Crippen molar-refractivity contribution in [3.63, 3.8) is 0 Å². The summed E-state index contributed by atoms with van der Waals surface area (Å²) in [5.74, 6) is -1.45. The molecule has 4 nitrogen and oxygen atoms in total. The van der Waals surface area contributed by atoms with Crippen molar-refractivity contribution in [1.29, 1.82) is 0 Å². The van der Waals surface area contributed by atoms with Crippen molar-refractivity contribution < 1.29 is 9.59 Å². The molecular formula is C14H10Br2N2O2. The third-order valence-corrected chi connectivity index (χ3v) is 3.60. The Kier molecular flexibility index (Phi) is 4.92. The molecule has 2 rings (SSSR count). The minimum absolute atomic E-state index is 0.543. The van der Waals surface area contributed by atoms with Gasteiger partial charge in [0.15, 0.2) is 0 Å². The van der Waals surface area contributed by atoms with E-state index in [1.807, 2.05) is 12.1 Å². The first-order valence-electron chi connectivity index (χ1n) is 5.68. The van der Waals surface area contributed by atoms with Gasteiger partial charge in [-0.15, -0.1) is 0 Å². The molecule has 0 saturated heterocycles. The van der Waals surface area contributed by atoms with Crippen LogP contribution in [0.15, 0.2) is 57.5 Å². The third-order valence-electron chi connectivity index (χ3n) is 2.41. The summed E-state index contributed by atoms with van der Waals surface area (Å²) in [6.07, 6.45) is 0. The number of benzene rings is 2. The maximum atomic E-state index is 11.8. The van der Waals surface area contributed by atoms with Gasteiger partial charge in [-0.25, -0.2) is 0 Å². The normalized spacial score (nSPS) is 9.90. The molecule has 20 heavy (non-hydrogen) atoms. The summed E-state index contributed by atoms with van der Waals surface area (Å²) in [7, 11) is 0. The first-order valence-corrected chi connectivity index (χ1v) is 7.27. The van der Waals surface area contributed by atoms with Crippen molar-refractivity contribution in [3.8, 4) is 0 Å². The lowest BCUT2D eigenvalue weighted by molar-refractivity contribution is -0.133. The largest absolute Gasteiger partial charge is 0.318 e. The van der Waals surface area contributed by atoms with E-state index in [0.29, 0.717) is 15.8 Å². The van der Waals surface area contributed by atoms with Gasteiger partial charge in [0.2, 0.25) is 0 Å². The highest BCUT2D eigenvalue weighted by atomic mass is 79.9. The number of nitrogens with one attached hydrogen (secondary N) is 2. The van der Waals surface area contributed by atoms with Gasteiger partial charge < -0.3 is 10.6 Å². The van der Waals surface area contributed by atoms with Crippen LogP contribution in [0.5, 0.6) is 0 Å². The van der Waals surface area contributed by atoms with Crippen LogP contribution in [-0.2, 0) is 9.59 Å². The summed E-state index contributed by atoms with van der Waals surface area (Å²) in [5, 5.41) is 5.06. The van der Waals surface area contributed by atoms with Crippen LogP contribution in [-0.4, -0.2) is 11.8 Å². The maximum absolute atomic E-state index is 11.8. The predicted octanol–water partition coefficient (Wildman–Crippen LogP) is 3.79. The van der Waals surface area contributed by atoms with E-state index in [4.69, 9.17) is 0 Å². The SMILES string of the molecule is O=C(Nc1cccc(Br)c1)C(=O)Nc1ccccc1Br. The average Bonchev–Trinajstić information content (AvgIpc) is 2.41. The monoisotopic (exact) mass is 396 g/mol. The van der Waals surface area contributed by atoms with Gasteiger partial charge in [0.25, 0.3) is 0 Å². The fourth-order valence-electron chi connectivity index (χ4n) is 1.50. The van der Waals surface area contributed by atoms with Crippen molar-refractivity contribution in [2.45, 2.75) is 0 Å². The van der Waals surface area contributed by atoms with Gasteiger partial charge >= 0.3 is 11.8 Å². The molecule has 2 aromatic rings. The fourth-order valence-corrected chi connectivity index (χ4v) is 2.28. The highest BCUT2D eigenvalue weighted by Crippen LogP contribution is 2.21. The number of halogens is 2. The number of amides is 2. The lowest BCUT2D eigenvalue weighted by Crippen LogP contribution is -2.29. The second-order valence-electron chi connectivity index (χ2n) is 3.90. The molecule has 0 atom stereocenters. The Balaban J connectivity index is 2.03. The van der Waals surface area contributed by atoms with Crippen molar-refractivity contribution in [1.82, 2.24) is 0 Å². The summed E-state index contributed by atoms with van der Waals surface area (Å²) in [4.78, 5) is 23.6. The minimum Gasteiger partial charge on any atom is -0.318 e. The molecule has 0 aromatic heterocycles. The molecular weight excluding hydrogens is 388 g/mol. The van der Waals surface area contributed by atoms with Crippen LogP contribution in [0.4, 0.5) is 11.4 Å². The zero-order chi connectivity index (χ0) is 14.5. The van der Waals surface area contributed by atoms with E-state index in [9.17, 15) is 9.59 Å². The molecule has 2 N–H and O–H groups in total. The molecule has 6 heteroatoms. The fraction of sp³-hybridized carbons (Fsp3) is 0. The number of rotatable bonds is 2. The second kappa shape index (κ2) is 6.67. The van der Waals surface area contributed by atoms with Crippen LogP contribution >= 0.6 is 31.9 Å². The van der Waals surface area contributed by atoms with Crippen molar-refractivity contribution in [2.75, 3.05) is 10.6 Å². The zero-order valence-corrected chi connectivity index (χ0v) is 13.4. The van der Waals surface area contributed by atoms with Crippen molar-refractivity contribution in [2.24, 2.45) is 0 Å². The van der Waals surface area contributed by atoms with Crippen molar-refractivity contribution >= 4 is 55.0 Å². The van der Waals surface area contributed by atoms with Gasteiger partial charge in [-0.05, 0) is 46.3 Å². The Hall–Kier alpha value is -1.66. The van der Waals surface area contributed by atoms with Crippen molar-refractivity contribution in [3.05, 3.63) is 57.5 Å². The van der Waals surface area contributed by atoms with E-state index < -0.39 is 11.8 Å². The lowest BCUT2D eigenvalue weighted by atomic mass is 10.3. The molecule has 0 radical (unpaired) electrons. The number of hydrogen-bond donors (Lipinski definition) is 2. The summed E-state index contributed by atoms with van der Waals surface area (Å²) >= 11 is 6.59.